The van der Waals surface area contributed by atoms with Gasteiger partial charge in [-0.25, -0.2) is 8.78 Å². The van der Waals surface area contributed by atoms with Crippen LogP contribution in [0.2, 0.25) is 0 Å². The zero-order chi connectivity index (χ0) is 15.9. The highest BCUT2D eigenvalue weighted by Crippen LogP contribution is 2.23. The van der Waals surface area contributed by atoms with Gasteiger partial charge in [0.2, 0.25) is 0 Å². The molecule has 0 aliphatic carbocycles. The lowest BCUT2D eigenvalue weighted by molar-refractivity contribution is 0.152. The van der Waals surface area contributed by atoms with Gasteiger partial charge in [-0.1, -0.05) is 12.1 Å². The van der Waals surface area contributed by atoms with Crippen LogP contribution in [0, 0.1) is 0 Å². The van der Waals surface area contributed by atoms with E-state index in [-0.39, 0.29) is 6.04 Å². The van der Waals surface area contributed by atoms with Crippen molar-refractivity contribution in [1.29, 1.82) is 0 Å². The molecule has 4 nitrogen and oxygen atoms in total. The maximum absolute atomic E-state index is 12.3. The van der Waals surface area contributed by atoms with Crippen molar-refractivity contribution in [2.75, 3.05) is 31.6 Å². The Bertz CT molecular complexity index is 499. The van der Waals surface area contributed by atoms with Crippen LogP contribution in [0.5, 0.6) is 0 Å². The number of benzene rings is 1. The van der Waals surface area contributed by atoms with E-state index in [0.29, 0.717) is 5.96 Å². The van der Waals surface area contributed by atoms with Gasteiger partial charge in [0.15, 0.2) is 5.96 Å². The molecule has 1 aliphatic rings. The Morgan fingerprint density at radius 3 is 2.68 bits per heavy atom. The predicted octanol–water partition coefficient (Wildman–Crippen LogP) is 2.78. The first kappa shape index (κ1) is 16.5. The van der Waals surface area contributed by atoms with E-state index in [2.05, 4.69) is 32.7 Å². The van der Waals surface area contributed by atoms with Crippen LogP contribution in [0.15, 0.2) is 29.3 Å². The van der Waals surface area contributed by atoms with Gasteiger partial charge in [-0.2, -0.15) is 0 Å². The van der Waals surface area contributed by atoms with Crippen LogP contribution in [-0.2, 0) is 0 Å². The lowest BCUT2D eigenvalue weighted by Crippen LogP contribution is -2.40. The van der Waals surface area contributed by atoms with E-state index in [0.717, 1.165) is 18.7 Å². The summed E-state index contributed by atoms with van der Waals surface area (Å²) in [6.45, 7) is 3.80. The van der Waals surface area contributed by atoms with E-state index in [1.807, 2.05) is 19.1 Å². The van der Waals surface area contributed by atoms with E-state index < -0.39 is 13.0 Å². The minimum Gasteiger partial charge on any atom is -0.372 e. The Kier molecular flexibility index (Phi) is 5.98. The number of alkyl halides is 2. The van der Waals surface area contributed by atoms with E-state index in [9.17, 15) is 8.78 Å². The maximum atomic E-state index is 12.3. The van der Waals surface area contributed by atoms with Gasteiger partial charge in [0.1, 0.15) is 0 Å². The molecule has 0 bridgehead atoms. The summed E-state index contributed by atoms with van der Waals surface area (Å²) in [5.41, 5.74) is 2.34. The largest absolute Gasteiger partial charge is 0.372 e. The highest BCUT2D eigenvalue weighted by atomic mass is 19.3. The van der Waals surface area contributed by atoms with Crippen molar-refractivity contribution >= 4 is 11.6 Å². The molecular weight excluding hydrogens is 286 g/mol. The van der Waals surface area contributed by atoms with Gasteiger partial charge in [0, 0.05) is 25.8 Å². The molecule has 1 unspecified atom stereocenters. The summed E-state index contributed by atoms with van der Waals surface area (Å²) in [5, 5.41) is 5.76. The van der Waals surface area contributed by atoms with E-state index >= 15 is 0 Å². The summed E-state index contributed by atoms with van der Waals surface area (Å²) in [7, 11) is 1.58. The molecule has 0 radical (unpaired) electrons. The van der Waals surface area contributed by atoms with E-state index in [4.69, 9.17) is 0 Å². The second-order valence-electron chi connectivity index (χ2n) is 5.50. The van der Waals surface area contributed by atoms with Gasteiger partial charge < -0.3 is 15.5 Å². The summed E-state index contributed by atoms with van der Waals surface area (Å²) in [5.74, 6) is 0.388. The van der Waals surface area contributed by atoms with Crippen molar-refractivity contribution in [3.05, 3.63) is 29.8 Å². The summed E-state index contributed by atoms with van der Waals surface area (Å²) in [6.07, 6.45) is 0.0807. The minimum atomic E-state index is -2.40. The van der Waals surface area contributed by atoms with Gasteiger partial charge in [-0.3, -0.25) is 4.99 Å². The molecule has 2 N–H and O–H groups in total. The molecule has 1 atom stereocenters. The Hall–Kier alpha value is -1.85. The first-order chi connectivity index (χ1) is 10.6. The molecule has 1 heterocycles. The molecule has 0 spiro atoms. The number of nitrogens with zero attached hydrogens (tertiary/aromatic N) is 2. The van der Waals surface area contributed by atoms with Gasteiger partial charge in [0.25, 0.3) is 6.43 Å². The molecule has 0 amide bonds. The van der Waals surface area contributed by atoms with Crippen molar-refractivity contribution in [3.63, 3.8) is 0 Å². The smallest absolute Gasteiger partial charge is 0.255 e. The molecule has 1 fully saturated rings. The summed E-state index contributed by atoms with van der Waals surface area (Å²) >= 11 is 0. The third-order valence-electron chi connectivity index (χ3n) is 3.84. The fraction of sp³-hybridized carbons (Fsp3) is 0.562. The lowest BCUT2D eigenvalue weighted by atomic mass is 10.1. The number of guanidine groups is 1. The molecule has 0 aromatic heterocycles. The predicted molar refractivity (Wildman–Crippen MR) is 86.8 cm³/mol. The number of aliphatic imine (C=N–C) groups is 1. The zero-order valence-corrected chi connectivity index (χ0v) is 13.1. The highest BCUT2D eigenvalue weighted by molar-refractivity contribution is 5.80. The second kappa shape index (κ2) is 7.96. The third kappa shape index (κ3) is 4.58. The summed E-state index contributed by atoms with van der Waals surface area (Å²) in [4.78, 5) is 6.35. The molecule has 1 aliphatic heterocycles. The van der Waals surface area contributed by atoms with Crippen LogP contribution in [0.1, 0.15) is 31.4 Å². The van der Waals surface area contributed by atoms with Crippen LogP contribution in [-0.4, -0.2) is 39.1 Å². The quantitative estimate of drug-likeness (QED) is 0.649. The molecule has 22 heavy (non-hydrogen) atoms. The SMILES string of the molecule is CN=C(NCC(F)F)NC(C)c1cccc(N2CCCC2)c1. The average Bonchev–Trinajstić information content (AvgIpc) is 3.05. The van der Waals surface area contributed by atoms with Crippen LogP contribution in [0.25, 0.3) is 0 Å². The molecule has 1 aromatic carbocycles. The minimum absolute atomic E-state index is 0.00794. The van der Waals surface area contributed by atoms with Gasteiger partial charge >= 0.3 is 0 Å². The number of nitrogens with one attached hydrogen (secondary N) is 2. The lowest BCUT2D eigenvalue weighted by Gasteiger charge is -2.22. The monoisotopic (exact) mass is 310 g/mol. The van der Waals surface area contributed by atoms with Crippen LogP contribution in [0.3, 0.4) is 0 Å². The number of rotatable bonds is 5. The van der Waals surface area contributed by atoms with Gasteiger partial charge in [0.05, 0.1) is 12.6 Å². The standard InChI is InChI=1S/C16H24F2N4/c1-12(21-16(19-2)20-11-15(17)18)13-6-5-7-14(10-13)22-8-3-4-9-22/h5-7,10,12,15H,3-4,8-9,11H2,1-2H3,(H2,19,20,21). The normalized spacial score (nSPS) is 17.0. The third-order valence-corrected chi connectivity index (χ3v) is 3.84. The topological polar surface area (TPSA) is 39.7 Å². The van der Waals surface area contributed by atoms with Crippen molar-refractivity contribution in [1.82, 2.24) is 10.6 Å². The molecule has 1 saturated heterocycles. The van der Waals surface area contributed by atoms with Crippen molar-refractivity contribution in [3.8, 4) is 0 Å². The fourth-order valence-corrected chi connectivity index (χ4v) is 2.62. The highest BCUT2D eigenvalue weighted by Gasteiger charge is 2.14. The Balaban J connectivity index is 1.99. The van der Waals surface area contributed by atoms with Gasteiger partial charge in [-0.15, -0.1) is 0 Å². The van der Waals surface area contributed by atoms with Crippen molar-refractivity contribution in [2.45, 2.75) is 32.2 Å². The summed E-state index contributed by atoms with van der Waals surface area (Å²) < 4.78 is 24.5. The molecule has 1 aromatic rings. The molecular formula is C16H24F2N4. The molecule has 0 saturated carbocycles. The first-order valence-corrected chi connectivity index (χ1v) is 7.70. The Labute approximate surface area is 130 Å². The van der Waals surface area contributed by atoms with Crippen molar-refractivity contribution in [2.24, 2.45) is 4.99 Å². The van der Waals surface area contributed by atoms with E-state index in [1.54, 1.807) is 7.05 Å². The zero-order valence-electron chi connectivity index (χ0n) is 13.1. The number of anilines is 1. The van der Waals surface area contributed by atoms with Crippen molar-refractivity contribution < 1.29 is 8.78 Å². The second-order valence-corrected chi connectivity index (χ2v) is 5.50. The Morgan fingerprint density at radius 2 is 2.05 bits per heavy atom. The molecule has 2 rings (SSSR count). The average molecular weight is 310 g/mol. The molecule has 6 heteroatoms. The van der Waals surface area contributed by atoms with Gasteiger partial charge in [-0.05, 0) is 37.5 Å². The number of halogens is 2. The first-order valence-electron chi connectivity index (χ1n) is 7.70. The summed E-state index contributed by atoms with van der Waals surface area (Å²) in [6, 6.07) is 8.34. The van der Waals surface area contributed by atoms with E-state index in [1.165, 1.54) is 18.5 Å². The Morgan fingerprint density at radius 1 is 1.32 bits per heavy atom. The van der Waals surface area contributed by atoms with Crippen LogP contribution in [0.4, 0.5) is 14.5 Å². The fourth-order valence-electron chi connectivity index (χ4n) is 2.62. The maximum Gasteiger partial charge on any atom is 0.255 e. The number of hydrogen-bond donors (Lipinski definition) is 2. The number of hydrogen-bond acceptors (Lipinski definition) is 2. The van der Waals surface area contributed by atoms with Crippen LogP contribution < -0.4 is 15.5 Å². The van der Waals surface area contributed by atoms with Crippen LogP contribution >= 0.6 is 0 Å². The molecule has 122 valence electrons.